The molecular formula is C25H36N6O5Si. The Morgan fingerprint density at radius 2 is 2.03 bits per heavy atom. The Bertz CT molecular complexity index is 1270. The van der Waals surface area contributed by atoms with Gasteiger partial charge in [-0.05, 0) is 36.7 Å². The lowest BCUT2D eigenvalue weighted by Gasteiger charge is -2.39. The minimum absolute atomic E-state index is 0.00314. The van der Waals surface area contributed by atoms with Gasteiger partial charge in [0.25, 0.3) is 5.69 Å². The van der Waals surface area contributed by atoms with Crippen LogP contribution in [0.5, 0.6) is 5.75 Å². The van der Waals surface area contributed by atoms with E-state index in [1.807, 2.05) is 4.57 Å². The first-order valence-corrected chi connectivity index (χ1v) is 15.4. The van der Waals surface area contributed by atoms with E-state index in [4.69, 9.17) is 13.9 Å². The van der Waals surface area contributed by atoms with E-state index in [9.17, 15) is 10.1 Å². The Balaban J connectivity index is 1.55. The molecule has 37 heavy (non-hydrogen) atoms. The van der Waals surface area contributed by atoms with Crippen LogP contribution in [0.1, 0.15) is 52.3 Å². The predicted molar refractivity (Wildman–Crippen MR) is 143 cm³/mol. The molecule has 0 unspecified atom stereocenters. The number of ether oxygens (including phenoxy) is 2. The molecule has 0 saturated carbocycles. The van der Waals surface area contributed by atoms with E-state index in [0.29, 0.717) is 34.7 Å². The van der Waals surface area contributed by atoms with Crippen molar-refractivity contribution in [2.45, 2.75) is 83.6 Å². The summed E-state index contributed by atoms with van der Waals surface area (Å²) < 4.78 is 20.2. The number of hydrogen-bond donors (Lipinski definition) is 1. The molecule has 0 amide bonds. The van der Waals surface area contributed by atoms with Gasteiger partial charge in [-0.1, -0.05) is 27.7 Å². The van der Waals surface area contributed by atoms with Gasteiger partial charge in [-0.3, -0.25) is 14.7 Å². The standard InChI is InChI=1S/C25H36N6O5Si/c1-8-19-20(36-37(6,7)25(2,3)4)12-21(35-19)30-15-29-22-23(27-14-28-24(22)30)26-13-16-9-10-17(34-5)11-18(16)31(32)33/h9-11,14-15,19-21H,8,12-13H2,1-7H3,(H,26,27,28)/t19-,20-,21-/m1/s1. The van der Waals surface area contributed by atoms with Gasteiger partial charge in [0.2, 0.25) is 0 Å². The second kappa shape index (κ2) is 10.3. The Hall–Kier alpha value is -3.09. The molecule has 3 atom stereocenters. The fraction of sp³-hybridized carbons (Fsp3) is 0.560. The number of imidazole rings is 1. The maximum Gasteiger partial charge on any atom is 0.278 e. The highest BCUT2D eigenvalue weighted by atomic mass is 28.4. The summed E-state index contributed by atoms with van der Waals surface area (Å²) in [6, 6.07) is 4.77. The van der Waals surface area contributed by atoms with E-state index in [2.05, 4.69) is 61.1 Å². The fourth-order valence-corrected chi connectivity index (χ4v) is 5.63. The topological polar surface area (TPSA) is 126 Å². The zero-order valence-electron chi connectivity index (χ0n) is 22.5. The minimum atomic E-state index is -1.96. The Kier molecular flexibility index (Phi) is 7.54. The number of hydrogen-bond acceptors (Lipinski definition) is 9. The lowest BCUT2D eigenvalue weighted by atomic mass is 10.1. The van der Waals surface area contributed by atoms with Crippen LogP contribution < -0.4 is 10.1 Å². The van der Waals surface area contributed by atoms with Crippen molar-refractivity contribution < 1.29 is 18.8 Å². The molecule has 0 aliphatic carbocycles. The molecule has 0 radical (unpaired) electrons. The first-order valence-electron chi connectivity index (χ1n) is 12.5. The van der Waals surface area contributed by atoms with Gasteiger partial charge < -0.3 is 19.2 Å². The van der Waals surface area contributed by atoms with Crippen LogP contribution in [0.15, 0.2) is 30.9 Å². The molecule has 0 bridgehead atoms. The number of nitrogens with one attached hydrogen (secondary N) is 1. The highest BCUT2D eigenvalue weighted by Gasteiger charge is 2.44. The number of rotatable bonds is 9. The maximum absolute atomic E-state index is 11.5. The van der Waals surface area contributed by atoms with Crippen LogP contribution in [-0.2, 0) is 15.7 Å². The van der Waals surface area contributed by atoms with Crippen molar-refractivity contribution in [2.75, 3.05) is 12.4 Å². The van der Waals surface area contributed by atoms with Crippen LogP contribution in [0.25, 0.3) is 11.2 Å². The van der Waals surface area contributed by atoms with Crippen molar-refractivity contribution in [3.63, 3.8) is 0 Å². The van der Waals surface area contributed by atoms with Crippen molar-refractivity contribution in [1.82, 2.24) is 19.5 Å². The van der Waals surface area contributed by atoms with Crippen molar-refractivity contribution >= 4 is 31.0 Å². The number of anilines is 1. The van der Waals surface area contributed by atoms with Crippen molar-refractivity contribution in [3.05, 3.63) is 46.5 Å². The number of fused-ring (bicyclic) bond motifs is 1. The first-order chi connectivity index (χ1) is 17.4. The number of methoxy groups -OCH3 is 1. The van der Waals surface area contributed by atoms with Gasteiger partial charge in [-0.2, -0.15) is 0 Å². The SMILES string of the molecule is CC[C@H]1O[C@@H](n2cnc3c(NCc4ccc(OC)cc4[N+](=O)[O-])ncnc32)C[C@H]1O[Si](C)(C)C(C)(C)C. The molecule has 1 saturated heterocycles. The minimum Gasteiger partial charge on any atom is -0.497 e. The summed E-state index contributed by atoms with van der Waals surface area (Å²) in [7, 11) is -0.488. The maximum atomic E-state index is 11.5. The molecule has 0 spiro atoms. The van der Waals surface area contributed by atoms with Gasteiger partial charge in [-0.15, -0.1) is 0 Å². The van der Waals surface area contributed by atoms with Gasteiger partial charge in [-0.25, -0.2) is 15.0 Å². The van der Waals surface area contributed by atoms with Crippen LogP contribution in [0.4, 0.5) is 11.5 Å². The summed E-state index contributed by atoms with van der Waals surface area (Å²) in [5.74, 6) is 0.921. The second-order valence-electron chi connectivity index (χ2n) is 10.8. The van der Waals surface area contributed by atoms with Gasteiger partial charge in [0.15, 0.2) is 25.3 Å². The van der Waals surface area contributed by atoms with Crippen molar-refractivity contribution in [3.8, 4) is 5.75 Å². The van der Waals surface area contributed by atoms with Gasteiger partial charge in [0, 0.05) is 18.5 Å². The van der Waals surface area contributed by atoms with Crippen molar-refractivity contribution in [1.29, 1.82) is 0 Å². The molecule has 3 heterocycles. The summed E-state index contributed by atoms with van der Waals surface area (Å²) in [5, 5.41) is 14.8. The van der Waals surface area contributed by atoms with Crippen LogP contribution >= 0.6 is 0 Å². The number of nitro benzene ring substituents is 1. The summed E-state index contributed by atoms with van der Waals surface area (Å²) in [6.45, 7) is 13.5. The quantitative estimate of drug-likeness (QED) is 0.219. The van der Waals surface area contributed by atoms with E-state index in [-0.39, 0.29) is 35.7 Å². The average molecular weight is 529 g/mol. The molecule has 200 valence electrons. The number of benzene rings is 1. The molecule has 1 N–H and O–H groups in total. The summed E-state index contributed by atoms with van der Waals surface area (Å²) in [6.07, 6.45) is 4.48. The van der Waals surface area contributed by atoms with E-state index >= 15 is 0 Å². The lowest BCUT2D eigenvalue weighted by molar-refractivity contribution is -0.385. The second-order valence-corrected chi connectivity index (χ2v) is 15.6. The predicted octanol–water partition coefficient (Wildman–Crippen LogP) is 5.44. The highest BCUT2D eigenvalue weighted by Crippen LogP contribution is 2.42. The van der Waals surface area contributed by atoms with E-state index in [0.717, 1.165) is 6.42 Å². The van der Waals surface area contributed by atoms with Crippen LogP contribution in [-0.4, -0.2) is 52.1 Å². The van der Waals surface area contributed by atoms with E-state index < -0.39 is 13.2 Å². The largest absolute Gasteiger partial charge is 0.497 e. The molecular weight excluding hydrogens is 492 g/mol. The zero-order chi connectivity index (χ0) is 27.0. The molecule has 2 aromatic heterocycles. The molecule has 3 aromatic rings. The summed E-state index contributed by atoms with van der Waals surface area (Å²) >= 11 is 0. The van der Waals surface area contributed by atoms with Gasteiger partial charge >= 0.3 is 0 Å². The fourth-order valence-electron chi connectivity index (χ4n) is 4.27. The Labute approximate surface area is 217 Å². The van der Waals surface area contributed by atoms with Crippen LogP contribution in [0, 0.1) is 10.1 Å². The van der Waals surface area contributed by atoms with Gasteiger partial charge in [0.05, 0.1) is 36.6 Å². The summed E-state index contributed by atoms with van der Waals surface area (Å²) in [4.78, 5) is 24.5. The molecule has 11 nitrogen and oxygen atoms in total. The Morgan fingerprint density at radius 1 is 1.27 bits per heavy atom. The van der Waals surface area contributed by atoms with E-state index in [1.54, 1.807) is 18.5 Å². The third kappa shape index (κ3) is 5.46. The third-order valence-electron chi connectivity index (χ3n) is 7.44. The molecule has 1 aliphatic heterocycles. The number of aromatic nitrogens is 4. The summed E-state index contributed by atoms with van der Waals surface area (Å²) in [5.41, 5.74) is 1.69. The lowest BCUT2D eigenvalue weighted by Crippen LogP contribution is -2.45. The van der Waals surface area contributed by atoms with Crippen LogP contribution in [0.2, 0.25) is 18.1 Å². The number of nitrogens with zero attached hydrogens (tertiary/aromatic N) is 5. The monoisotopic (exact) mass is 528 g/mol. The molecule has 4 rings (SSSR count). The van der Waals surface area contributed by atoms with Crippen molar-refractivity contribution in [2.24, 2.45) is 0 Å². The average Bonchev–Trinajstić information content (AvgIpc) is 3.45. The first kappa shape index (κ1) is 27.0. The highest BCUT2D eigenvalue weighted by molar-refractivity contribution is 6.74. The molecule has 1 fully saturated rings. The number of nitro groups is 1. The third-order valence-corrected chi connectivity index (χ3v) is 11.9. The van der Waals surface area contributed by atoms with Crippen LogP contribution in [0.3, 0.4) is 0 Å². The molecule has 12 heteroatoms. The smallest absolute Gasteiger partial charge is 0.278 e. The van der Waals surface area contributed by atoms with E-state index in [1.165, 1.54) is 19.5 Å². The Morgan fingerprint density at radius 3 is 2.68 bits per heavy atom. The normalized spacial score (nSPS) is 20.4. The van der Waals surface area contributed by atoms with Gasteiger partial charge in [0.1, 0.15) is 18.3 Å². The zero-order valence-corrected chi connectivity index (χ0v) is 23.5. The molecule has 1 aromatic carbocycles. The molecule has 1 aliphatic rings.